The molecule has 0 aliphatic rings. The summed E-state index contributed by atoms with van der Waals surface area (Å²) in [6, 6.07) is 4.36. The summed E-state index contributed by atoms with van der Waals surface area (Å²) in [5.41, 5.74) is -5.65. The van der Waals surface area contributed by atoms with Crippen molar-refractivity contribution in [1.29, 1.82) is 0 Å². The Hall–Kier alpha value is -1.40. The Labute approximate surface area is 202 Å². The van der Waals surface area contributed by atoms with E-state index in [1.54, 1.807) is 0 Å². The molecule has 0 N–H and O–H groups in total. The third kappa shape index (κ3) is 6.61. The van der Waals surface area contributed by atoms with Crippen LogP contribution in [0, 0.1) is 3.57 Å². The van der Waals surface area contributed by atoms with Crippen molar-refractivity contribution < 1.29 is 113 Å². The van der Waals surface area contributed by atoms with Gasteiger partial charge in [-0.15, -0.1) is 0 Å². The summed E-state index contributed by atoms with van der Waals surface area (Å²) in [4.78, 5) is 0. The first-order valence-corrected chi connectivity index (χ1v) is 11.5. The van der Waals surface area contributed by atoms with Gasteiger partial charge in [-0.2, -0.15) is 79.0 Å². The molecule has 0 radical (unpaired) electrons. The van der Waals surface area contributed by atoms with Gasteiger partial charge in [-0.05, 0) is 12.1 Å². The molecule has 218 valence electrons. The largest absolute Gasteiger partial charge is 0.741 e. The Morgan fingerprint density at radius 3 is 1.14 bits per heavy atom. The van der Waals surface area contributed by atoms with E-state index in [4.69, 9.17) is 13.0 Å². The predicted octanol–water partition coefficient (Wildman–Crippen LogP) is 3.33. The lowest BCUT2D eigenvalue weighted by molar-refractivity contribution is -0.790. The Kier molecular flexibility index (Phi) is 9.90. The molecule has 0 heterocycles. The van der Waals surface area contributed by atoms with Crippen LogP contribution in [0.5, 0.6) is 0 Å². The van der Waals surface area contributed by atoms with E-state index >= 15 is 0 Å². The standard InChI is InChI=1S/C13H5F15I.CHF3O3S/c14-7(15,8(16,17)10(20,21)12(24,25)26)9(18,19)11(22,23)13(27,28)29-6-4-2-1-3-5-6;2-1(3,4)8(5,6)7/h1-5H;(H,5,6,7)/q+1;/p-1. The van der Waals surface area contributed by atoms with Gasteiger partial charge in [0, 0.05) is 0 Å². The summed E-state index contributed by atoms with van der Waals surface area (Å²) >= 11 is -3.66. The van der Waals surface area contributed by atoms with Gasteiger partial charge in [0.2, 0.25) is 0 Å². The van der Waals surface area contributed by atoms with Crippen LogP contribution in [0.4, 0.5) is 79.0 Å². The fourth-order valence-corrected chi connectivity index (χ4v) is 3.86. The van der Waals surface area contributed by atoms with Gasteiger partial charge in [-0.25, -0.2) is 8.42 Å². The molecule has 0 spiro atoms. The molecule has 0 aliphatic heterocycles. The highest BCUT2D eigenvalue weighted by atomic mass is 127. The lowest BCUT2D eigenvalue weighted by Gasteiger charge is -2.39. The van der Waals surface area contributed by atoms with E-state index in [0.29, 0.717) is 12.1 Å². The molecule has 0 aromatic heterocycles. The SMILES string of the molecule is FC(F)(F)C(F)(F)C(F)(F)C(F)(F)C(F)(F)C(F)(F)C(F)(F)[I+]c1ccccc1.O=S(=O)([O-])C(F)(F)F. The molecule has 0 fully saturated rings. The Morgan fingerprint density at radius 2 is 0.838 bits per heavy atom. The van der Waals surface area contributed by atoms with Gasteiger partial charge >= 0.3 is 66.4 Å². The van der Waals surface area contributed by atoms with Crippen LogP contribution in [0.3, 0.4) is 0 Å². The first-order chi connectivity index (χ1) is 15.8. The number of alkyl halides is 19. The minimum Gasteiger partial charge on any atom is -0.741 e. The molecule has 1 aromatic carbocycles. The van der Waals surface area contributed by atoms with E-state index in [2.05, 4.69) is 0 Å². The van der Waals surface area contributed by atoms with Crippen molar-refractivity contribution in [3.8, 4) is 0 Å². The summed E-state index contributed by atoms with van der Waals surface area (Å²) in [5, 5.41) is 0. The second-order valence-corrected chi connectivity index (χ2v) is 10.7. The van der Waals surface area contributed by atoms with Gasteiger partial charge in [0.05, 0.1) is 0 Å². The van der Waals surface area contributed by atoms with Gasteiger partial charge in [-0.1, -0.05) is 18.2 Å². The highest BCUT2D eigenvalue weighted by Crippen LogP contribution is 2.61. The molecule has 0 atom stereocenters. The van der Waals surface area contributed by atoms with E-state index in [-0.39, 0.29) is 0 Å². The van der Waals surface area contributed by atoms with Crippen molar-refractivity contribution in [2.75, 3.05) is 0 Å². The molecule has 23 heteroatoms. The lowest BCUT2D eigenvalue weighted by atomic mass is 9.94. The number of hydrogen-bond acceptors (Lipinski definition) is 3. The van der Waals surface area contributed by atoms with Gasteiger partial charge in [0.1, 0.15) is 0 Å². The van der Waals surface area contributed by atoms with Crippen molar-refractivity contribution in [2.45, 2.75) is 45.2 Å². The smallest absolute Gasteiger partial charge is 0.516 e. The van der Waals surface area contributed by atoms with Crippen molar-refractivity contribution in [3.05, 3.63) is 33.9 Å². The van der Waals surface area contributed by atoms with Gasteiger partial charge in [0.25, 0.3) is 0 Å². The van der Waals surface area contributed by atoms with Crippen molar-refractivity contribution in [1.82, 2.24) is 0 Å². The Bertz CT molecular complexity index is 1020. The fraction of sp³-hybridized carbons (Fsp3) is 0.571. The first-order valence-electron chi connectivity index (χ1n) is 7.89. The molecule has 0 unspecified atom stereocenters. The van der Waals surface area contributed by atoms with Crippen LogP contribution in [0.1, 0.15) is 0 Å². The summed E-state index contributed by atoms with van der Waals surface area (Å²) in [6.45, 7) is 0. The summed E-state index contributed by atoms with van der Waals surface area (Å²) in [6.07, 6.45) is -7.59. The van der Waals surface area contributed by atoms with Gasteiger partial charge in [-0.3, -0.25) is 0 Å². The molecule has 0 saturated carbocycles. The normalized spacial score (nSPS) is 15.2. The maximum Gasteiger partial charge on any atom is 0.516 e. The fourth-order valence-electron chi connectivity index (χ4n) is 1.62. The summed E-state index contributed by atoms with van der Waals surface area (Å²) in [7, 11) is -6.09. The molecule has 1 rings (SSSR count). The molecule has 37 heavy (non-hydrogen) atoms. The molecule has 0 aliphatic carbocycles. The minimum absolute atomic E-state index is 0.667. The zero-order valence-electron chi connectivity index (χ0n) is 16.2. The van der Waals surface area contributed by atoms with Crippen molar-refractivity contribution in [3.63, 3.8) is 0 Å². The molecule has 0 bridgehead atoms. The molecular formula is C14H5F18IO3S. The predicted molar refractivity (Wildman–Crippen MR) is 76.6 cm³/mol. The number of benzene rings is 1. The van der Waals surface area contributed by atoms with Crippen LogP contribution in [-0.2, 0) is 10.1 Å². The van der Waals surface area contributed by atoms with Crippen molar-refractivity contribution >= 4 is 10.1 Å². The average molecular weight is 722 g/mol. The third-order valence-electron chi connectivity index (χ3n) is 3.53. The quantitative estimate of drug-likeness (QED) is 0.143. The van der Waals surface area contributed by atoms with Crippen LogP contribution in [0.2, 0.25) is 0 Å². The number of hydrogen-bond donors (Lipinski definition) is 0. The van der Waals surface area contributed by atoms with E-state index in [1.807, 2.05) is 0 Å². The monoisotopic (exact) mass is 722 g/mol. The third-order valence-corrected chi connectivity index (χ3v) is 6.80. The number of halogens is 19. The zero-order valence-corrected chi connectivity index (χ0v) is 19.2. The van der Waals surface area contributed by atoms with E-state index in [1.165, 1.54) is 0 Å². The highest BCUT2D eigenvalue weighted by Gasteiger charge is 2.95. The molecule has 0 amide bonds. The maximum atomic E-state index is 13.7. The second kappa shape index (κ2) is 10.3. The second-order valence-electron chi connectivity index (χ2n) is 6.16. The zero-order chi connectivity index (χ0) is 30.3. The first kappa shape index (κ1) is 35.6. The van der Waals surface area contributed by atoms with Gasteiger partial charge in [0.15, 0.2) is 13.7 Å². The van der Waals surface area contributed by atoms with Crippen LogP contribution in [0.15, 0.2) is 30.3 Å². The van der Waals surface area contributed by atoms with Crippen LogP contribution < -0.4 is 21.2 Å². The van der Waals surface area contributed by atoms with Gasteiger partial charge < -0.3 is 4.55 Å². The maximum absolute atomic E-state index is 13.7. The average Bonchev–Trinajstić information content (AvgIpc) is 2.65. The Balaban J connectivity index is 0.00000139. The lowest BCUT2D eigenvalue weighted by Crippen LogP contribution is -3.68. The summed E-state index contributed by atoms with van der Waals surface area (Å²) < 4.78 is 247. The highest BCUT2D eigenvalue weighted by molar-refractivity contribution is 7.86. The Morgan fingerprint density at radius 1 is 0.541 bits per heavy atom. The van der Waals surface area contributed by atoms with E-state index in [9.17, 15) is 79.0 Å². The molecule has 1 aromatic rings. The summed E-state index contributed by atoms with van der Waals surface area (Å²) in [5.74, 6) is -39.8. The van der Waals surface area contributed by atoms with Crippen molar-refractivity contribution in [2.24, 2.45) is 0 Å². The van der Waals surface area contributed by atoms with Crippen LogP contribution >= 0.6 is 0 Å². The molecular weight excluding hydrogens is 717 g/mol. The minimum atomic E-state index is -8.23. The topological polar surface area (TPSA) is 57.2 Å². The van der Waals surface area contributed by atoms with E-state index in [0.717, 1.165) is 18.2 Å². The molecule has 0 saturated heterocycles. The van der Waals surface area contributed by atoms with E-state index < -0.39 is 80.1 Å². The number of rotatable bonds is 7. The molecule has 3 nitrogen and oxygen atoms in total. The van der Waals surface area contributed by atoms with Crippen LogP contribution in [0.25, 0.3) is 0 Å². The van der Waals surface area contributed by atoms with Crippen LogP contribution in [-0.4, -0.2) is 58.2 Å².